The highest BCUT2D eigenvalue weighted by Gasteiger charge is 2.34. The number of carbonyl (C=O) groups is 2. The minimum absolute atomic E-state index is 0.0883. The summed E-state index contributed by atoms with van der Waals surface area (Å²) in [6.07, 6.45) is 7.24. The second-order valence-electron chi connectivity index (χ2n) is 8.49. The van der Waals surface area contributed by atoms with E-state index in [0.717, 1.165) is 44.1 Å². The molecule has 1 aromatic carbocycles. The van der Waals surface area contributed by atoms with E-state index >= 15 is 0 Å². The molecule has 2 saturated carbocycles. The van der Waals surface area contributed by atoms with Gasteiger partial charge in [-0.05, 0) is 87.5 Å². The van der Waals surface area contributed by atoms with Gasteiger partial charge >= 0.3 is 5.97 Å². The molecule has 6 nitrogen and oxygen atoms in total. The summed E-state index contributed by atoms with van der Waals surface area (Å²) in [5.41, 5.74) is 7.43. The number of carboxylic acid groups (broad SMARTS) is 1. The average molecular weight is 389 g/mol. The first-order chi connectivity index (χ1) is 13.3. The molecule has 154 valence electrons. The van der Waals surface area contributed by atoms with E-state index in [0.29, 0.717) is 24.3 Å². The van der Waals surface area contributed by atoms with Crippen molar-refractivity contribution >= 4 is 11.9 Å². The summed E-state index contributed by atoms with van der Waals surface area (Å²) in [5, 5.41) is 9.17. The number of carbonyl (C=O) groups excluding carboxylic acids is 1. The zero-order valence-electron chi connectivity index (χ0n) is 16.9. The molecule has 1 atom stereocenters. The maximum Gasteiger partial charge on any atom is 0.335 e. The molecule has 1 aromatic rings. The predicted molar refractivity (Wildman–Crippen MR) is 107 cm³/mol. The van der Waals surface area contributed by atoms with Crippen LogP contribution in [0.4, 0.5) is 0 Å². The third-order valence-electron chi connectivity index (χ3n) is 6.44. The summed E-state index contributed by atoms with van der Waals surface area (Å²) in [7, 11) is 1.89. The molecule has 28 heavy (non-hydrogen) atoms. The maximum absolute atomic E-state index is 12.6. The fraction of sp³-hybridized carbons (Fsp3) is 0.636. The summed E-state index contributed by atoms with van der Waals surface area (Å²) in [6, 6.07) is 5.06. The zero-order valence-corrected chi connectivity index (χ0v) is 16.9. The molecule has 0 heterocycles. The van der Waals surface area contributed by atoms with Gasteiger partial charge in [0.05, 0.1) is 18.2 Å². The first-order valence-electron chi connectivity index (χ1n) is 10.3. The highest BCUT2D eigenvalue weighted by Crippen LogP contribution is 2.32. The summed E-state index contributed by atoms with van der Waals surface area (Å²) in [4.78, 5) is 25.7. The monoisotopic (exact) mass is 388 g/mol. The number of rotatable bonds is 7. The van der Waals surface area contributed by atoms with E-state index in [1.807, 2.05) is 24.9 Å². The topological polar surface area (TPSA) is 92.9 Å². The van der Waals surface area contributed by atoms with Gasteiger partial charge in [-0.1, -0.05) is 0 Å². The number of carboxylic acids is 1. The largest absolute Gasteiger partial charge is 0.493 e. The van der Waals surface area contributed by atoms with E-state index in [-0.39, 0.29) is 17.4 Å². The highest BCUT2D eigenvalue weighted by atomic mass is 16.5. The molecule has 3 rings (SSSR count). The van der Waals surface area contributed by atoms with E-state index < -0.39 is 12.0 Å². The molecule has 0 aromatic heterocycles. The van der Waals surface area contributed by atoms with Crippen molar-refractivity contribution in [1.29, 1.82) is 0 Å². The molecule has 1 amide bonds. The van der Waals surface area contributed by atoms with Crippen molar-refractivity contribution in [2.75, 3.05) is 13.7 Å². The summed E-state index contributed by atoms with van der Waals surface area (Å²) in [6.45, 7) is 2.43. The van der Waals surface area contributed by atoms with E-state index in [4.69, 9.17) is 10.5 Å². The molecular weight excluding hydrogens is 356 g/mol. The lowest BCUT2D eigenvalue weighted by Crippen LogP contribution is -2.52. The second-order valence-corrected chi connectivity index (χ2v) is 8.49. The van der Waals surface area contributed by atoms with Gasteiger partial charge in [-0.2, -0.15) is 0 Å². The Balaban J connectivity index is 1.46. The predicted octanol–water partition coefficient (Wildman–Crippen LogP) is 3.22. The molecule has 0 bridgehead atoms. The number of hydrogen-bond donors (Lipinski definition) is 2. The average Bonchev–Trinajstić information content (AvgIpc) is 2.63. The third-order valence-corrected chi connectivity index (χ3v) is 6.44. The van der Waals surface area contributed by atoms with Gasteiger partial charge in [0.15, 0.2) is 0 Å². The van der Waals surface area contributed by atoms with Gasteiger partial charge in [0.1, 0.15) is 5.75 Å². The van der Waals surface area contributed by atoms with Crippen molar-refractivity contribution in [2.24, 2.45) is 17.6 Å². The van der Waals surface area contributed by atoms with Crippen LogP contribution in [-0.2, 0) is 4.79 Å². The van der Waals surface area contributed by atoms with Crippen LogP contribution in [0.1, 0.15) is 60.9 Å². The minimum Gasteiger partial charge on any atom is -0.493 e. The van der Waals surface area contributed by atoms with E-state index in [1.54, 1.807) is 12.1 Å². The lowest BCUT2D eigenvalue weighted by molar-refractivity contribution is -0.136. The smallest absolute Gasteiger partial charge is 0.335 e. The first kappa shape index (κ1) is 20.6. The van der Waals surface area contributed by atoms with Gasteiger partial charge in [0.2, 0.25) is 5.91 Å². The Morgan fingerprint density at radius 2 is 1.86 bits per heavy atom. The van der Waals surface area contributed by atoms with Crippen LogP contribution in [0.15, 0.2) is 18.2 Å². The lowest BCUT2D eigenvalue weighted by Gasteiger charge is -2.38. The molecule has 0 saturated heterocycles. The van der Waals surface area contributed by atoms with Crippen molar-refractivity contribution in [3.05, 3.63) is 29.3 Å². The molecule has 2 aliphatic carbocycles. The molecule has 0 spiro atoms. The van der Waals surface area contributed by atoms with Crippen molar-refractivity contribution < 1.29 is 19.4 Å². The molecule has 2 fully saturated rings. The zero-order chi connectivity index (χ0) is 20.3. The number of nitrogens with zero attached hydrogens (tertiary/aromatic N) is 1. The Bertz CT molecular complexity index is 708. The fourth-order valence-electron chi connectivity index (χ4n) is 4.27. The van der Waals surface area contributed by atoms with Crippen LogP contribution in [0, 0.1) is 18.8 Å². The van der Waals surface area contributed by atoms with Gasteiger partial charge in [0, 0.05) is 13.1 Å². The number of likely N-dealkylation sites (N-methyl/N-ethyl adjacent to an activating group) is 1. The van der Waals surface area contributed by atoms with Crippen LogP contribution < -0.4 is 10.5 Å². The van der Waals surface area contributed by atoms with Crippen LogP contribution in [0.25, 0.3) is 0 Å². The normalized spacial score (nSPS) is 23.5. The summed E-state index contributed by atoms with van der Waals surface area (Å²) < 4.78 is 5.88. The maximum atomic E-state index is 12.6. The highest BCUT2D eigenvalue weighted by molar-refractivity contribution is 5.88. The van der Waals surface area contributed by atoms with Crippen LogP contribution in [-0.4, -0.2) is 47.6 Å². The lowest BCUT2D eigenvalue weighted by atomic mass is 9.78. The molecular formula is C22H32N2O4. The minimum atomic E-state index is -0.945. The Morgan fingerprint density at radius 1 is 1.18 bits per heavy atom. The summed E-state index contributed by atoms with van der Waals surface area (Å²) in [5.74, 6) is 0.402. The van der Waals surface area contributed by atoms with Crippen molar-refractivity contribution in [3.8, 4) is 5.75 Å². The fourth-order valence-corrected chi connectivity index (χ4v) is 4.27. The number of hydrogen-bond acceptors (Lipinski definition) is 4. The first-order valence-corrected chi connectivity index (χ1v) is 10.3. The standard InChI is InChI=1S/C22H32N2O4/c1-14-10-17(22(26)27)12-19(11-14)28-13-15-6-8-16(9-7-15)20(23)21(25)24(2)18-4-3-5-18/h10-12,15-16,18,20H,3-9,13,23H2,1-2H3,(H,26,27). The Kier molecular flexibility index (Phi) is 6.60. The van der Waals surface area contributed by atoms with Crippen LogP contribution in [0.3, 0.4) is 0 Å². The number of amides is 1. The van der Waals surface area contributed by atoms with Crippen molar-refractivity contribution in [2.45, 2.75) is 64.0 Å². The van der Waals surface area contributed by atoms with Gasteiger partial charge in [-0.3, -0.25) is 4.79 Å². The molecule has 0 radical (unpaired) electrons. The Hall–Kier alpha value is -2.08. The number of aryl methyl sites for hydroxylation is 1. The second kappa shape index (κ2) is 8.95. The SMILES string of the molecule is Cc1cc(OCC2CCC(C(N)C(=O)N(C)C3CCC3)CC2)cc(C(=O)O)c1. The van der Waals surface area contributed by atoms with Crippen molar-refractivity contribution in [3.63, 3.8) is 0 Å². The molecule has 0 aliphatic heterocycles. The molecule has 6 heteroatoms. The number of benzene rings is 1. The molecule has 1 unspecified atom stereocenters. The Labute approximate surface area is 167 Å². The van der Waals surface area contributed by atoms with Crippen molar-refractivity contribution in [1.82, 2.24) is 4.90 Å². The van der Waals surface area contributed by atoms with Gasteiger partial charge in [-0.25, -0.2) is 4.79 Å². The van der Waals surface area contributed by atoms with Crippen LogP contribution in [0.5, 0.6) is 5.75 Å². The quantitative estimate of drug-likeness (QED) is 0.748. The van der Waals surface area contributed by atoms with Gasteiger partial charge < -0.3 is 20.5 Å². The molecule has 3 N–H and O–H groups in total. The number of ether oxygens (including phenoxy) is 1. The van der Waals surface area contributed by atoms with Gasteiger partial charge in [-0.15, -0.1) is 0 Å². The Morgan fingerprint density at radius 3 is 2.43 bits per heavy atom. The van der Waals surface area contributed by atoms with E-state index in [9.17, 15) is 14.7 Å². The molecule has 2 aliphatic rings. The van der Waals surface area contributed by atoms with E-state index in [2.05, 4.69) is 0 Å². The number of aromatic carboxylic acids is 1. The summed E-state index contributed by atoms with van der Waals surface area (Å²) >= 11 is 0. The van der Waals surface area contributed by atoms with E-state index in [1.165, 1.54) is 6.42 Å². The van der Waals surface area contributed by atoms with Crippen LogP contribution in [0.2, 0.25) is 0 Å². The van der Waals surface area contributed by atoms with Gasteiger partial charge in [0.25, 0.3) is 0 Å². The van der Waals surface area contributed by atoms with Crippen LogP contribution >= 0.6 is 0 Å². The third kappa shape index (κ3) is 4.85. The number of nitrogens with two attached hydrogens (primary N) is 1.